The van der Waals surface area contributed by atoms with Crippen molar-refractivity contribution in [2.45, 2.75) is 83.2 Å². The molecule has 0 bridgehead atoms. The van der Waals surface area contributed by atoms with Crippen LogP contribution in [-0.2, 0) is 8.23 Å². The molecule has 0 aromatic carbocycles. The zero-order valence-corrected chi connectivity index (χ0v) is 16.7. The summed E-state index contributed by atoms with van der Waals surface area (Å²) in [4.78, 5) is 0. The summed E-state index contributed by atoms with van der Waals surface area (Å²) in [6.45, 7) is 15.7. The van der Waals surface area contributed by atoms with Gasteiger partial charge in [-0.1, -0.05) is 6.42 Å². The molecule has 0 aliphatic heterocycles. The molecule has 0 radical (unpaired) electrons. The van der Waals surface area contributed by atoms with Crippen LogP contribution in [0.5, 0.6) is 0 Å². The van der Waals surface area contributed by atoms with Crippen LogP contribution in [0.2, 0.25) is 51.4 Å². The van der Waals surface area contributed by atoms with E-state index in [4.69, 9.17) is 8.23 Å². The largest absolute Gasteiger partial charge is 0.436 e. The SMILES string of the molecule is C[Si](C)(C)O[Si](C)(O[Si](C)(C)C)C1CCCC(O)C1. The van der Waals surface area contributed by atoms with Crippen molar-refractivity contribution in [1.29, 1.82) is 0 Å². The Morgan fingerprint density at radius 2 is 1.32 bits per heavy atom. The molecular weight excluding hydrogens is 288 g/mol. The van der Waals surface area contributed by atoms with Crippen LogP contribution in [0.15, 0.2) is 0 Å². The highest BCUT2D eigenvalue weighted by atomic mass is 28.5. The second kappa shape index (κ2) is 6.11. The number of hydrogen-bond acceptors (Lipinski definition) is 3. The maximum Gasteiger partial charge on any atom is 0.317 e. The Morgan fingerprint density at radius 1 is 0.842 bits per heavy atom. The molecule has 0 aromatic rings. The van der Waals surface area contributed by atoms with Crippen molar-refractivity contribution in [1.82, 2.24) is 0 Å². The van der Waals surface area contributed by atoms with Crippen molar-refractivity contribution < 1.29 is 13.3 Å². The molecule has 3 nitrogen and oxygen atoms in total. The first-order valence-electron chi connectivity index (χ1n) is 7.50. The van der Waals surface area contributed by atoms with E-state index < -0.39 is 25.2 Å². The molecule has 6 heteroatoms. The zero-order chi connectivity index (χ0) is 14.9. The van der Waals surface area contributed by atoms with E-state index in [-0.39, 0.29) is 6.10 Å². The first-order valence-corrected chi connectivity index (χ1v) is 16.7. The Bertz CT molecular complexity index is 280. The summed E-state index contributed by atoms with van der Waals surface area (Å²) in [5.41, 5.74) is 0.453. The summed E-state index contributed by atoms with van der Waals surface area (Å²) in [5, 5.41) is 9.97. The predicted molar refractivity (Wildman–Crippen MR) is 88.7 cm³/mol. The fraction of sp³-hybridized carbons (Fsp3) is 1.00. The van der Waals surface area contributed by atoms with Gasteiger partial charge in [-0.15, -0.1) is 0 Å². The second-order valence-corrected chi connectivity index (χ2v) is 20.9. The maximum absolute atomic E-state index is 9.97. The van der Waals surface area contributed by atoms with Crippen LogP contribution < -0.4 is 0 Å². The molecule has 0 saturated heterocycles. The molecule has 2 atom stereocenters. The van der Waals surface area contributed by atoms with E-state index in [1.807, 2.05) is 0 Å². The van der Waals surface area contributed by atoms with E-state index in [2.05, 4.69) is 45.8 Å². The molecular formula is C13H32O3Si3. The van der Waals surface area contributed by atoms with Gasteiger partial charge in [0.25, 0.3) is 0 Å². The van der Waals surface area contributed by atoms with Crippen molar-refractivity contribution in [2.24, 2.45) is 0 Å². The molecule has 0 amide bonds. The van der Waals surface area contributed by atoms with Gasteiger partial charge in [-0.2, -0.15) is 0 Å². The summed E-state index contributed by atoms with van der Waals surface area (Å²) >= 11 is 0. The Hall–Kier alpha value is 0.531. The molecule has 1 fully saturated rings. The molecule has 0 heterocycles. The highest BCUT2D eigenvalue weighted by Crippen LogP contribution is 2.40. The van der Waals surface area contributed by atoms with Crippen LogP contribution in [0.1, 0.15) is 25.7 Å². The minimum absolute atomic E-state index is 0.152. The van der Waals surface area contributed by atoms with Gasteiger partial charge >= 0.3 is 8.56 Å². The van der Waals surface area contributed by atoms with E-state index in [0.29, 0.717) is 5.54 Å². The summed E-state index contributed by atoms with van der Waals surface area (Å²) in [6.07, 6.45) is 3.94. The van der Waals surface area contributed by atoms with Crippen molar-refractivity contribution in [3.8, 4) is 0 Å². The summed E-state index contributed by atoms with van der Waals surface area (Å²) in [7, 11) is -5.44. The average Bonchev–Trinajstić information content (AvgIpc) is 2.11. The number of hydrogen-bond donors (Lipinski definition) is 1. The predicted octanol–water partition coefficient (Wildman–Crippen LogP) is 4.07. The molecule has 1 rings (SSSR count). The molecule has 2 unspecified atom stereocenters. The standard InChI is InChI=1S/C13H32O3Si3/c1-17(2,3)15-19(7,16-18(4,5)6)13-10-8-9-12(14)11-13/h12-14H,8-11H2,1-7H3. The van der Waals surface area contributed by atoms with Crippen molar-refractivity contribution in [2.75, 3.05) is 0 Å². The summed E-state index contributed by atoms with van der Waals surface area (Å²) in [5.74, 6) is 0. The van der Waals surface area contributed by atoms with E-state index in [9.17, 15) is 5.11 Å². The van der Waals surface area contributed by atoms with Crippen LogP contribution >= 0.6 is 0 Å². The van der Waals surface area contributed by atoms with E-state index in [1.165, 1.54) is 0 Å². The van der Waals surface area contributed by atoms with Crippen LogP contribution in [0.3, 0.4) is 0 Å². The lowest BCUT2D eigenvalue weighted by Crippen LogP contribution is -2.56. The highest BCUT2D eigenvalue weighted by Gasteiger charge is 2.47. The lowest BCUT2D eigenvalue weighted by atomic mass is 9.97. The molecule has 1 N–H and O–H groups in total. The Morgan fingerprint density at radius 3 is 1.68 bits per heavy atom. The van der Waals surface area contributed by atoms with Gasteiger partial charge in [0, 0.05) is 5.54 Å². The third-order valence-electron chi connectivity index (χ3n) is 3.41. The lowest BCUT2D eigenvalue weighted by molar-refractivity contribution is 0.122. The number of aliphatic hydroxyl groups is 1. The Labute approximate surface area is 122 Å². The van der Waals surface area contributed by atoms with Gasteiger partial charge in [0.1, 0.15) is 0 Å². The highest BCUT2D eigenvalue weighted by molar-refractivity contribution is 6.88. The van der Waals surface area contributed by atoms with Gasteiger partial charge in [0.2, 0.25) is 0 Å². The van der Waals surface area contributed by atoms with Crippen molar-refractivity contribution in [3.05, 3.63) is 0 Å². The molecule has 1 saturated carbocycles. The minimum Gasteiger partial charge on any atom is -0.436 e. The third-order valence-corrected chi connectivity index (χ3v) is 13.6. The molecule has 0 spiro atoms. The first kappa shape index (κ1) is 17.6. The quantitative estimate of drug-likeness (QED) is 0.776. The normalized spacial score (nSPS) is 26.5. The van der Waals surface area contributed by atoms with E-state index in [0.717, 1.165) is 25.7 Å². The molecule has 114 valence electrons. The van der Waals surface area contributed by atoms with Crippen LogP contribution in [0.25, 0.3) is 0 Å². The Balaban J connectivity index is 2.90. The van der Waals surface area contributed by atoms with Gasteiger partial charge in [0.05, 0.1) is 6.10 Å². The average molecular weight is 321 g/mol. The smallest absolute Gasteiger partial charge is 0.317 e. The summed E-state index contributed by atoms with van der Waals surface area (Å²) in [6, 6.07) is 0. The maximum atomic E-state index is 9.97. The van der Waals surface area contributed by atoms with Gasteiger partial charge in [0.15, 0.2) is 16.6 Å². The molecule has 1 aliphatic rings. The van der Waals surface area contributed by atoms with Crippen molar-refractivity contribution >= 4 is 25.2 Å². The van der Waals surface area contributed by atoms with Crippen molar-refractivity contribution in [3.63, 3.8) is 0 Å². The molecule has 0 aromatic heterocycles. The lowest BCUT2D eigenvalue weighted by Gasteiger charge is -2.45. The number of rotatable bonds is 5. The van der Waals surface area contributed by atoms with Crippen LogP contribution in [0, 0.1) is 0 Å². The fourth-order valence-corrected chi connectivity index (χ4v) is 16.1. The van der Waals surface area contributed by atoms with Gasteiger partial charge in [-0.05, 0) is 65.1 Å². The van der Waals surface area contributed by atoms with E-state index in [1.54, 1.807) is 0 Å². The molecule has 1 aliphatic carbocycles. The third kappa shape index (κ3) is 6.22. The minimum atomic E-state index is -2.20. The van der Waals surface area contributed by atoms with Gasteiger partial charge < -0.3 is 13.3 Å². The van der Waals surface area contributed by atoms with Crippen LogP contribution in [0.4, 0.5) is 0 Å². The number of aliphatic hydroxyl groups excluding tert-OH is 1. The van der Waals surface area contributed by atoms with Gasteiger partial charge in [-0.25, -0.2) is 0 Å². The van der Waals surface area contributed by atoms with Crippen LogP contribution in [-0.4, -0.2) is 36.4 Å². The van der Waals surface area contributed by atoms with Gasteiger partial charge in [-0.3, -0.25) is 0 Å². The fourth-order valence-electron chi connectivity index (χ4n) is 3.04. The van der Waals surface area contributed by atoms with E-state index >= 15 is 0 Å². The Kier molecular flexibility index (Phi) is 5.65. The topological polar surface area (TPSA) is 38.7 Å². The molecule has 19 heavy (non-hydrogen) atoms. The first-order chi connectivity index (χ1) is 8.41. The summed E-state index contributed by atoms with van der Waals surface area (Å²) < 4.78 is 13.1. The second-order valence-electron chi connectivity index (χ2n) is 7.96. The zero-order valence-electron chi connectivity index (χ0n) is 13.7. The monoisotopic (exact) mass is 320 g/mol.